The number of carbonyl (C=O) groups is 1. The van der Waals surface area contributed by atoms with Crippen molar-refractivity contribution < 1.29 is 17.9 Å². The fourth-order valence-electron chi connectivity index (χ4n) is 3.11. The molecule has 134 valence electrons. The van der Waals surface area contributed by atoms with Gasteiger partial charge in [-0.3, -0.25) is 0 Å². The number of amides is 1. The Balaban J connectivity index is 2.34. The van der Waals surface area contributed by atoms with E-state index in [1.54, 1.807) is 20.8 Å². The molecule has 0 aliphatic heterocycles. The zero-order valence-corrected chi connectivity index (χ0v) is 16.6. The number of halogens is 1. The van der Waals surface area contributed by atoms with E-state index in [-0.39, 0.29) is 6.54 Å². The molecule has 0 spiro atoms. The van der Waals surface area contributed by atoms with Crippen molar-refractivity contribution in [1.29, 1.82) is 0 Å². The molecule has 1 aromatic rings. The Bertz CT molecular complexity index is 727. The maximum Gasteiger partial charge on any atom is 0.408 e. The van der Waals surface area contributed by atoms with Gasteiger partial charge < -0.3 is 15.8 Å². The Labute approximate surface area is 151 Å². The average molecular weight is 419 g/mol. The van der Waals surface area contributed by atoms with Crippen molar-refractivity contribution in [3.05, 3.63) is 34.3 Å². The third kappa shape index (κ3) is 3.92. The number of hydrogen-bond donors (Lipinski definition) is 2. The topological polar surface area (TPSA) is 98.5 Å². The molecule has 24 heavy (non-hydrogen) atoms. The molecular weight excluding hydrogens is 396 g/mol. The number of hydrogen-bond acceptors (Lipinski definition) is 5. The summed E-state index contributed by atoms with van der Waals surface area (Å²) in [6.45, 7) is 5.24. The Kier molecular flexibility index (Phi) is 5.05. The van der Waals surface area contributed by atoms with E-state index >= 15 is 0 Å². The van der Waals surface area contributed by atoms with E-state index < -0.39 is 38.2 Å². The lowest BCUT2D eigenvalue weighted by atomic mass is 10.1. The predicted molar refractivity (Wildman–Crippen MR) is 96.7 cm³/mol. The highest BCUT2D eigenvalue weighted by Crippen LogP contribution is 2.55. The fraction of sp³-hybridized carbons (Fsp3) is 0.562. The van der Waals surface area contributed by atoms with E-state index in [1.807, 2.05) is 24.3 Å². The molecular formula is C16H23BrN2O4S. The minimum atomic E-state index is -3.41. The highest BCUT2D eigenvalue weighted by Gasteiger charge is 2.70. The first-order valence-corrected chi connectivity index (χ1v) is 10.3. The van der Waals surface area contributed by atoms with Crippen molar-refractivity contribution in [2.24, 2.45) is 5.73 Å². The molecule has 8 heteroatoms. The van der Waals surface area contributed by atoms with E-state index in [2.05, 4.69) is 21.2 Å². The molecule has 1 aromatic carbocycles. The van der Waals surface area contributed by atoms with Gasteiger partial charge in [-0.05, 0) is 38.5 Å². The van der Waals surface area contributed by atoms with Gasteiger partial charge in [-0.1, -0.05) is 28.1 Å². The molecule has 0 aromatic heterocycles. The van der Waals surface area contributed by atoms with E-state index in [9.17, 15) is 13.2 Å². The third-order valence-electron chi connectivity index (χ3n) is 4.02. The van der Waals surface area contributed by atoms with Crippen LogP contribution in [0.15, 0.2) is 28.7 Å². The Morgan fingerprint density at radius 3 is 2.29 bits per heavy atom. The van der Waals surface area contributed by atoms with Crippen molar-refractivity contribution in [3.8, 4) is 0 Å². The number of nitrogens with two attached hydrogens (primary N) is 1. The second kappa shape index (κ2) is 6.31. The number of nitrogens with one attached hydrogen (secondary N) is 1. The zero-order valence-electron chi connectivity index (χ0n) is 14.2. The van der Waals surface area contributed by atoms with Crippen LogP contribution in [0.4, 0.5) is 4.79 Å². The highest BCUT2D eigenvalue weighted by molar-refractivity contribution is 9.10. The van der Waals surface area contributed by atoms with E-state index in [1.165, 1.54) is 0 Å². The standard InChI is InChI=1S/C16H23BrN2O4S/c1-15(2,3)23-14(20)19-16(9-18)12(13(16)24(4,21)22)10-5-7-11(17)8-6-10/h5-8,12-13H,9,18H2,1-4H3,(H,19,20)/t12-,13-,16+/m0/s1. The van der Waals surface area contributed by atoms with Gasteiger partial charge in [-0.2, -0.15) is 0 Å². The lowest BCUT2D eigenvalue weighted by Crippen LogP contribution is -2.48. The monoisotopic (exact) mass is 418 g/mol. The summed E-state index contributed by atoms with van der Waals surface area (Å²) in [4.78, 5) is 12.2. The smallest absolute Gasteiger partial charge is 0.408 e. The molecule has 1 aliphatic rings. The van der Waals surface area contributed by atoms with Gasteiger partial charge in [0.25, 0.3) is 0 Å². The highest BCUT2D eigenvalue weighted by atomic mass is 79.9. The summed E-state index contributed by atoms with van der Waals surface area (Å²) in [5, 5.41) is 1.94. The van der Waals surface area contributed by atoms with Crippen LogP contribution in [0.3, 0.4) is 0 Å². The van der Waals surface area contributed by atoms with Gasteiger partial charge in [0, 0.05) is 23.2 Å². The summed E-state index contributed by atoms with van der Waals surface area (Å²) in [6.07, 6.45) is 0.499. The number of rotatable bonds is 4. The van der Waals surface area contributed by atoms with Gasteiger partial charge in [0.1, 0.15) is 5.60 Å². The second-order valence-corrected chi connectivity index (χ2v) is 10.2. The zero-order chi connectivity index (χ0) is 18.3. The minimum Gasteiger partial charge on any atom is -0.444 e. The van der Waals surface area contributed by atoms with Crippen LogP contribution in [0.5, 0.6) is 0 Å². The molecule has 3 N–H and O–H groups in total. The number of carbonyl (C=O) groups excluding carboxylic acids is 1. The van der Waals surface area contributed by atoms with Crippen LogP contribution in [-0.4, -0.2) is 43.7 Å². The largest absolute Gasteiger partial charge is 0.444 e. The summed E-state index contributed by atoms with van der Waals surface area (Å²) < 4.78 is 30.6. The minimum absolute atomic E-state index is 0.00467. The lowest BCUT2D eigenvalue weighted by Gasteiger charge is -2.24. The Morgan fingerprint density at radius 2 is 1.88 bits per heavy atom. The molecule has 1 aliphatic carbocycles. The van der Waals surface area contributed by atoms with Crippen LogP contribution < -0.4 is 11.1 Å². The first kappa shape index (κ1) is 19.2. The quantitative estimate of drug-likeness (QED) is 0.780. The maximum atomic E-state index is 12.2. The Morgan fingerprint density at radius 1 is 1.33 bits per heavy atom. The van der Waals surface area contributed by atoms with Crippen LogP contribution >= 0.6 is 15.9 Å². The van der Waals surface area contributed by atoms with Gasteiger partial charge in [0.15, 0.2) is 9.84 Å². The lowest BCUT2D eigenvalue weighted by molar-refractivity contribution is 0.0497. The molecule has 0 bridgehead atoms. The molecule has 1 fully saturated rings. The first-order chi connectivity index (χ1) is 10.9. The SMILES string of the molecule is CC(C)(C)OC(=O)N[C@]1(CN)[C@@H](c2ccc(Br)cc2)[C@@H]1S(C)(=O)=O. The number of alkyl carbamates (subject to hydrolysis) is 1. The van der Waals surface area contributed by atoms with Crippen molar-refractivity contribution in [2.75, 3.05) is 12.8 Å². The molecule has 6 nitrogen and oxygen atoms in total. The number of sulfone groups is 1. The number of ether oxygens (including phenoxy) is 1. The van der Waals surface area contributed by atoms with Crippen LogP contribution in [-0.2, 0) is 14.6 Å². The van der Waals surface area contributed by atoms with Crippen LogP contribution in [0.1, 0.15) is 32.3 Å². The summed E-state index contributed by atoms with van der Waals surface area (Å²) in [6, 6.07) is 7.34. The van der Waals surface area contributed by atoms with E-state index in [0.29, 0.717) is 0 Å². The molecule has 0 saturated heterocycles. The van der Waals surface area contributed by atoms with Gasteiger partial charge in [-0.25, -0.2) is 13.2 Å². The molecule has 3 atom stereocenters. The van der Waals surface area contributed by atoms with E-state index in [4.69, 9.17) is 10.5 Å². The molecule has 1 amide bonds. The van der Waals surface area contributed by atoms with Crippen molar-refractivity contribution in [2.45, 2.75) is 43.1 Å². The van der Waals surface area contributed by atoms with Gasteiger partial charge in [0.05, 0.1) is 10.8 Å². The Hall–Kier alpha value is -1.12. The molecule has 0 radical (unpaired) electrons. The molecule has 0 heterocycles. The molecule has 1 saturated carbocycles. The normalized spacial score (nSPS) is 26.8. The molecule has 2 rings (SSSR count). The molecule has 0 unspecified atom stereocenters. The van der Waals surface area contributed by atoms with E-state index in [0.717, 1.165) is 16.3 Å². The summed E-state index contributed by atoms with van der Waals surface area (Å²) in [5.41, 5.74) is 4.97. The van der Waals surface area contributed by atoms with Crippen molar-refractivity contribution in [3.63, 3.8) is 0 Å². The van der Waals surface area contributed by atoms with Crippen molar-refractivity contribution in [1.82, 2.24) is 5.32 Å². The third-order valence-corrected chi connectivity index (χ3v) is 6.16. The van der Waals surface area contributed by atoms with Crippen LogP contribution in [0.2, 0.25) is 0 Å². The summed E-state index contributed by atoms with van der Waals surface area (Å²) in [7, 11) is -3.41. The van der Waals surface area contributed by atoms with Gasteiger partial charge in [-0.15, -0.1) is 0 Å². The predicted octanol–water partition coefficient (Wildman–Crippen LogP) is 2.18. The summed E-state index contributed by atoms with van der Waals surface area (Å²) in [5.74, 6) is -0.405. The van der Waals surface area contributed by atoms with Gasteiger partial charge in [0.2, 0.25) is 0 Å². The van der Waals surface area contributed by atoms with Crippen LogP contribution in [0, 0.1) is 0 Å². The maximum absolute atomic E-state index is 12.2. The average Bonchev–Trinajstić information content (AvgIpc) is 3.06. The van der Waals surface area contributed by atoms with Crippen LogP contribution in [0.25, 0.3) is 0 Å². The van der Waals surface area contributed by atoms with Crippen molar-refractivity contribution >= 4 is 31.9 Å². The van der Waals surface area contributed by atoms with Gasteiger partial charge >= 0.3 is 6.09 Å². The fourth-order valence-corrected chi connectivity index (χ4v) is 5.26. The first-order valence-electron chi connectivity index (χ1n) is 7.56. The summed E-state index contributed by atoms with van der Waals surface area (Å²) >= 11 is 3.36. The number of benzene rings is 1. The second-order valence-electron chi connectivity index (χ2n) is 7.15.